The van der Waals surface area contributed by atoms with E-state index < -0.39 is 9.84 Å². The minimum atomic E-state index is -3.09. The Balaban J connectivity index is 1.92. The first-order valence-electron chi connectivity index (χ1n) is 7.85. The number of benzene rings is 2. The lowest BCUT2D eigenvalue weighted by atomic mass is 10.1. The molecule has 1 aliphatic heterocycles. The molecule has 1 fully saturated rings. The minimum Gasteiger partial charge on any atom is -0.330 e. The molecule has 1 amide bonds. The molecule has 132 valence electrons. The summed E-state index contributed by atoms with van der Waals surface area (Å²) in [5, 5.41) is 0.479. The molecule has 0 unspecified atom stereocenters. The number of amides is 1. The summed E-state index contributed by atoms with van der Waals surface area (Å²) in [4.78, 5) is 14.7. The topological polar surface area (TPSA) is 54.5 Å². The van der Waals surface area contributed by atoms with E-state index in [4.69, 9.17) is 11.6 Å². The molecule has 1 aliphatic rings. The summed E-state index contributed by atoms with van der Waals surface area (Å²) in [6.07, 6.45) is 0.461. The molecule has 0 bridgehead atoms. The summed E-state index contributed by atoms with van der Waals surface area (Å²) in [5.41, 5.74) is 1.40. The van der Waals surface area contributed by atoms with Gasteiger partial charge in [0.15, 0.2) is 9.84 Å². The highest BCUT2D eigenvalue weighted by molar-refractivity contribution is 9.10. The standard InChI is InChI=1S/C18H17BrClNO3S/c19-15-5-1-3-13(9-15)11-21(17-7-8-25(23,24)12-17)18(22)14-4-2-6-16(20)10-14/h1-6,9-10,17H,7-8,11-12H2/t17-/m1/s1. The maximum atomic E-state index is 13.0. The molecule has 1 heterocycles. The second-order valence-corrected chi connectivity index (χ2v) is 9.71. The largest absolute Gasteiger partial charge is 0.330 e. The van der Waals surface area contributed by atoms with Crippen molar-refractivity contribution in [3.05, 3.63) is 69.2 Å². The van der Waals surface area contributed by atoms with Crippen LogP contribution < -0.4 is 0 Å². The monoisotopic (exact) mass is 441 g/mol. The average Bonchev–Trinajstić information content (AvgIpc) is 2.92. The first kappa shape index (κ1) is 18.4. The number of carbonyl (C=O) groups excluding carboxylic acids is 1. The maximum Gasteiger partial charge on any atom is 0.254 e. The maximum absolute atomic E-state index is 13.0. The molecule has 1 atom stereocenters. The van der Waals surface area contributed by atoms with E-state index in [2.05, 4.69) is 15.9 Å². The van der Waals surface area contributed by atoms with Crippen LogP contribution >= 0.6 is 27.5 Å². The van der Waals surface area contributed by atoms with Gasteiger partial charge in [-0.2, -0.15) is 0 Å². The number of hydrogen-bond donors (Lipinski definition) is 0. The minimum absolute atomic E-state index is 0.00725. The molecule has 4 nitrogen and oxygen atoms in total. The molecule has 1 saturated heterocycles. The van der Waals surface area contributed by atoms with Crippen molar-refractivity contribution in [2.75, 3.05) is 11.5 Å². The van der Waals surface area contributed by atoms with Crippen LogP contribution in [0.15, 0.2) is 53.0 Å². The highest BCUT2D eigenvalue weighted by Crippen LogP contribution is 2.24. The lowest BCUT2D eigenvalue weighted by Gasteiger charge is -2.28. The van der Waals surface area contributed by atoms with E-state index in [-0.39, 0.29) is 23.5 Å². The zero-order chi connectivity index (χ0) is 18.0. The predicted octanol–water partition coefficient (Wildman–Crippen LogP) is 3.93. The summed E-state index contributed by atoms with van der Waals surface area (Å²) in [6, 6.07) is 14.1. The Kier molecular flexibility index (Phi) is 5.51. The van der Waals surface area contributed by atoms with Crippen LogP contribution in [0, 0.1) is 0 Å². The molecule has 0 aromatic heterocycles. The molecule has 25 heavy (non-hydrogen) atoms. The zero-order valence-electron chi connectivity index (χ0n) is 13.4. The van der Waals surface area contributed by atoms with Gasteiger partial charge in [0, 0.05) is 27.6 Å². The SMILES string of the molecule is O=C(c1cccc(Cl)c1)N(Cc1cccc(Br)c1)[C@@H]1CCS(=O)(=O)C1. The number of sulfone groups is 1. The Hall–Kier alpha value is -1.37. The van der Waals surface area contributed by atoms with Gasteiger partial charge in [-0.3, -0.25) is 4.79 Å². The predicted molar refractivity (Wildman–Crippen MR) is 103 cm³/mol. The van der Waals surface area contributed by atoms with Gasteiger partial charge in [-0.05, 0) is 42.3 Å². The summed E-state index contributed by atoms with van der Waals surface area (Å²) in [5.74, 6) is -0.0763. The van der Waals surface area contributed by atoms with Crippen molar-refractivity contribution in [3.63, 3.8) is 0 Å². The van der Waals surface area contributed by atoms with Gasteiger partial charge < -0.3 is 4.90 Å². The Labute approximate surface area is 160 Å². The van der Waals surface area contributed by atoms with E-state index in [9.17, 15) is 13.2 Å². The first-order chi connectivity index (χ1) is 11.8. The van der Waals surface area contributed by atoms with Crippen molar-refractivity contribution < 1.29 is 13.2 Å². The molecular formula is C18H17BrClNO3S. The fourth-order valence-electron chi connectivity index (χ4n) is 3.01. The Morgan fingerprint density at radius 3 is 2.60 bits per heavy atom. The van der Waals surface area contributed by atoms with E-state index in [0.717, 1.165) is 10.0 Å². The van der Waals surface area contributed by atoms with Crippen LogP contribution in [0.2, 0.25) is 5.02 Å². The zero-order valence-corrected chi connectivity index (χ0v) is 16.5. The van der Waals surface area contributed by atoms with Crippen LogP contribution in [-0.4, -0.2) is 36.8 Å². The van der Waals surface area contributed by atoms with Crippen molar-refractivity contribution in [3.8, 4) is 0 Å². The van der Waals surface area contributed by atoms with Gasteiger partial charge in [-0.25, -0.2) is 8.42 Å². The fraction of sp³-hybridized carbons (Fsp3) is 0.278. The van der Waals surface area contributed by atoms with Gasteiger partial charge in [-0.15, -0.1) is 0 Å². The summed E-state index contributed by atoms with van der Waals surface area (Å²) < 4.78 is 24.7. The molecule has 0 aliphatic carbocycles. The number of nitrogens with zero attached hydrogens (tertiary/aromatic N) is 1. The van der Waals surface area contributed by atoms with Crippen molar-refractivity contribution in [2.45, 2.75) is 19.0 Å². The van der Waals surface area contributed by atoms with Gasteiger partial charge >= 0.3 is 0 Å². The smallest absolute Gasteiger partial charge is 0.254 e. The lowest BCUT2D eigenvalue weighted by molar-refractivity contribution is 0.0681. The van der Waals surface area contributed by atoms with Crippen LogP contribution in [-0.2, 0) is 16.4 Å². The van der Waals surface area contributed by atoms with Crippen molar-refractivity contribution in [1.82, 2.24) is 4.90 Å². The van der Waals surface area contributed by atoms with Crippen LogP contribution in [0.25, 0.3) is 0 Å². The highest BCUT2D eigenvalue weighted by atomic mass is 79.9. The summed E-state index contributed by atoms with van der Waals surface area (Å²) >= 11 is 9.44. The van der Waals surface area contributed by atoms with Crippen LogP contribution in [0.3, 0.4) is 0 Å². The van der Waals surface area contributed by atoms with Gasteiger partial charge in [0.05, 0.1) is 11.5 Å². The van der Waals surface area contributed by atoms with E-state index in [1.165, 1.54) is 0 Å². The summed E-state index contributed by atoms with van der Waals surface area (Å²) in [6.45, 7) is 0.352. The van der Waals surface area contributed by atoms with Gasteiger partial charge in [0.2, 0.25) is 0 Å². The van der Waals surface area contributed by atoms with Gasteiger partial charge in [-0.1, -0.05) is 45.7 Å². The lowest BCUT2D eigenvalue weighted by Crippen LogP contribution is -2.40. The molecule has 3 rings (SSSR count). The average molecular weight is 443 g/mol. The number of halogens is 2. The van der Waals surface area contributed by atoms with E-state index in [0.29, 0.717) is 23.6 Å². The molecule has 0 spiro atoms. The van der Waals surface area contributed by atoms with E-state index in [1.54, 1.807) is 29.2 Å². The molecule has 2 aromatic rings. The molecule has 7 heteroatoms. The number of carbonyl (C=O) groups is 1. The summed E-state index contributed by atoms with van der Waals surface area (Å²) in [7, 11) is -3.09. The van der Waals surface area contributed by atoms with Gasteiger partial charge in [0.1, 0.15) is 0 Å². The molecule has 0 radical (unpaired) electrons. The Morgan fingerprint density at radius 2 is 1.96 bits per heavy atom. The van der Waals surface area contributed by atoms with Crippen LogP contribution in [0.5, 0.6) is 0 Å². The number of rotatable bonds is 4. The third kappa shape index (κ3) is 4.63. The second kappa shape index (κ2) is 7.48. The molecule has 2 aromatic carbocycles. The quantitative estimate of drug-likeness (QED) is 0.721. The van der Waals surface area contributed by atoms with Gasteiger partial charge in [0.25, 0.3) is 5.91 Å². The molecule has 0 saturated carbocycles. The second-order valence-electron chi connectivity index (χ2n) is 6.13. The normalized spacial score (nSPS) is 18.9. The van der Waals surface area contributed by atoms with Crippen LogP contribution in [0.4, 0.5) is 0 Å². The van der Waals surface area contributed by atoms with E-state index >= 15 is 0 Å². The highest BCUT2D eigenvalue weighted by Gasteiger charge is 2.35. The van der Waals surface area contributed by atoms with Crippen molar-refractivity contribution in [2.24, 2.45) is 0 Å². The molecule has 0 N–H and O–H groups in total. The fourth-order valence-corrected chi connectivity index (χ4v) is 5.37. The first-order valence-corrected chi connectivity index (χ1v) is 10.8. The van der Waals surface area contributed by atoms with Crippen molar-refractivity contribution >= 4 is 43.3 Å². The molecular weight excluding hydrogens is 426 g/mol. The van der Waals surface area contributed by atoms with Crippen LogP contribution in [0.1, 0.15) is 22.3 Å². The number of hydrogen-bond acceptors (Lipinski definition) is 3. The van der Waals surface area contributed by atoms with Crippen molar-refractivity contribution in [1.29, 1.82) is 0 Å². The Morgan fingerprint density at radius 1 is 1.20 bits per heavy atom. The third-order valence-electron chi connectivity index (χ3n) is 4.22. The Bertz CT molecular complexity index is 901. The third-order valence-corrected chi connectivity index (χ3v) is 6.70. The van der Waals surface area contributed by atoms with E-state index in [1.807, 2.05) is 24.3 Å².